The molecule has 0 amide bonds. The predicted octanol–water partition coefficient (Wildman–Crippen LogP) is 1.33. The Morgan fingerprint density at radius 2 is 1.58 bits per heavy atom. The highest BCUT2D eigenvalue weighted by atomic mass is 128. The molecule has 0 aliphatic carbocycles. The zero-order valence-electron chi connectivity index (χ0n) is 7.14. The van der Waals surface area contributed by atoms with Crippen molar-refractivity contribution in [3.05, 3.63) is 0 Å². The van der Waals surface area contributed by atoms with Crippen LogP contribution >= 0.6 is 37.2 Å². The average Bonchev–Trinajstić information content (AvgIpc) is 1.89. The van der Waals surface area contributed by atoms with Crippen LogP contribution in [0.3, 0.4) is 0 Å². The summed E-state index contributed by atoms with van der Waals surface area (Å²) in [6.07, 6.45) is 0. The Bertz CT molecular complexity index is 153. The van der Waals surface area contributed by atoms with Gasteiger partial charge < -0.3 is 15.9 Å². The summed E-state index contributed by atoms with van der Waals surface area (Å²) in [6.45, 7) is 4.00. The molecule has 0 aromatic heterocycles. The number of aliphatic carboxylic acids is 1. The third-order valence-corrected chi connectivity index (χ3v) is 1.72. The quantitative estimate of drug-likeness (QED) is 0.610. The molecule has 1 atom stereocenters. The van der Waals surface area contributed by atoms with E-state index in [1.54, 1.807) is 0 Å². The second-order valence-corrected chi connectivity index (χ2v) is 3.07. The second-order valence-electron chi connectivity index (χ2n) is 3.07. The molecule has 0 aliphatic rings. The molecule has 0 rings (SSSR count). The van der Waals surface area contributed by atoms with Crippen molar-refractivity contribution < 1.29 is 15.0 Å². The van der Waals surface area contributed by atoms with Crippen molar-refractivity contribution in [1.29, 1.82) is 0 Å². The highest BCUT2D eigenvalue weighted by molar-refractivity contribution is 15.0. The maximum Gasteiger partial charge on any atom is 0.326 e. The number of rotatable bonds is 2. The van der Waals surface area contributed by atoms with Crippen molar-refractivity contribution in [3.8, 4) is 0 Å². The smallest absolute Gasteiger partial charge is 0.326 e. The number of carboxylic acids is 1. The van der Waals surface area contributed by atoms with E-state index in [-0.39, 0.29) is 0 Å². The van der Waals surface area contributed by atoms with E-state index in [0.29, 0.717) is 0 Å². The topological polar surface area (TPSA) is 83.5 Å². The van der Waals surface area contributed by atoms with Gasteiger partial charge in [-0.3, -0.25) is 4.79 Å². The van der Waals surface area contributed by atoms with Gasteiger partial charge in [0.2, 0.25) is 0 Å². The van der Waals surface area contributed by atoms with Crippen LogP contribution < -0.4 is 5.73 Å². The number of hydrogen-bond acceptors (Lipinski definition) is 3. The van der Waals surface area contributed by atoms with Crippen molar-refractivity contribution >= 4 is 43.2 Å². The summed E-state index contributed by atoms with van der Waals surface area (Å²) < 4.78 is 0. The fourth-order valence-corrected chi connectivity index (χ4v) is 0.262. The standard InChI is InChI=1S/C6H13NO3.I2/c1-5(2,10)6(3,7)4(8)9;1-2/h10H,7H2,1-3H3,(H,8,9);/t6-;/m0./s1. The van der Waals surface area contributed by atoms with Gasteiger partial charge in [0.1, 0.15) is 5.54 Å². The molecule has 0 saturated heterocycles. The number of aliphatic hydroxyl groups is 1. The van der Waals surface area contributed by atoms with Crippen molar-refractivity contribution in [1.82, 2.24) is 0 Å². The third kappa shape index (κ3) is 4.19. The SMILES string of the molecule is CC(C)(O)[C@@](C)(N)C(=O)O.II. The van der Waals surface area contributed by atoms with Gasteiger partial charge in [-0.1, -0.05) is 0 Å². The lowest BCUT2D eigenvalue weighted by Gasteiger charge is -2.32. The molecule has 4 nitrogen and oxygen atoms in total. The first kappa shape index (κ1) is 15.3. The van der Waals surface area contributed by atoms with Gasteiger partial charge in [0, 0.05) is 37.2 Å². The van der Waals surface area contributed by atoms with Gasteiger partial charge >= 0.3 is 5.97 Å². The molecule has 0 heterocycles. The Morgan fingerprint density at radius 1 is 1.33 bits per heavy atom. The molecule has 0 bridgehead atoms. The summed E-state index contributed by atoms with van der Waals surface area (Å²) in [5, 5.41) is 17.7. The third-order valence-electron chi connectivity index (χ3n) is 1.72. The fraction of sp³-hybridized carbons (Fsp3) is 0.833. The molecule has 6 heteroatoms. The molecule has 0 aromatic carbocycles. The van der Waals surface area contributed by atoms with E-state index < -0.39 is 17.1 Å². The molecule has 74 valence electrons. The summed E-state index contributed by atoms with van der Waals surface area (Å²) in [5.74, 6) is -1.21. The van der Waals surface area contributed by atoms with Gasteiger partial charge in [0.15, 0.2) is 0 Å². The summed E-state index contributed by atoms with van der Waals surface area (Å²) in [6, 6.07) is 0. The molecule has 0 spiro atoms. The minimum Gasteiger partial charge on any atom is -0.480 e. The van der Waals surface area contributed by atoms with Crippen LogP contribution in [0.4, 0.5) is 0 Å². The normalized spacial score (nSPS) is 15.6. The lowest BCUT2D eigenvalue weighted by atomic mass is 9.85. The summed E-state index contributed by atoms with van der Waals surface area (Å²) in [7, 11) is 0. The van der Waals surface area contributed by atoms with Crippen LogP contribution in [0.25, 0.3) is 0 Å². The zero-order chi connectivity index (χ0) is 10.6. The van der Waals surface area contributed by atoms with Crippen LogP contribution in [-0.2, 0) is 4.79 Å². The van der Waals surface area contributed by atoms with Crippen molar-refractivity contribution in [2.75, 3.05) is 0 Å². The Hall–Kier alpha value is 0.850. The fourth-order valence-electron chi connectivity index (χ4n) is 0.262. The Kier molecular flexibility index (Phi) is 7.09. The molecule has 0 saturated carbocycles. The van der Waals surface area contributed by atoms with Crippen molar-refractivity contribution in [2.24, 2.45) is 5.73 Å². The summed E-state index contributed by atoms with van der Waals surface area (Å²) in [4.78, 5) is 10.4. The lowest BCUT2D eigenvalue weighted by molar-refractivity contribution is -0.151. The van der Waals surface area contributed by atoms with E-state index >= 15 is 0 Å². The molecule has 4 N–H and O–H groups in total. The zero-order valence-corrected chi connectivity index (χ0v) is 11.5. The molecule has 12 heavy (non-hydrogen) atoms. The maximum atomic E-state index is 10.4. The largest absolute Gasteiger partial charge is 0.480 e. The van der Waals surface area contributed by atoms with Crippen molar-refractivity contribution in [3.63, 3.8) is 0 Å². The molecular weight excluding hydrogens is 388 g/mol. The molecule has 0 radical (unpaired) electrons. The number of hydrogen-bond donors (Lipinski definition) is 3. The average molecular weight is 401 g/mol. The highest BCUT2D eigenvalue weighted by Crippen LogP contribution is 2.17. The van der Waals surface area contributed by atoms with Gasteiger partial charge in [-0.05, 0) is 20.8 Å². The van der Waals surface area contributed by atoms with Crippen LogP contribution in [0, 0.1) is 0 Å². The van der Waals surface area contributed by atoms with E-state index in [4.69, 9.17) is 10.8 Å². The van der Waals surface area contributed by atoms with Gasteiger partial charge in [0.25, 0.3) is 0 Å². The molecule has 0 aromatic rings. The molecule has 0 unspecified atom stereocenters. The number of carboxylic acid groups (broad SMARTS) is 1. The maximum absolute atomic E-state index is 10.4. The van der Waals surface area contributed by atoms with E-state index in [0.717, 1.165) is 0 Å². The minimum absolute atomic E-state index is 1.21. The van der Waals surface area contributed by atoms with E-state index in [2.05, 4.69) is 37.2 Å². The predicted molar refractivity (Wildman–Crippen MR) is 64.6 cm³/mol. The summed E-state index contributed by atoms with van der Waals surface area (Å²) in [5.41, 5.74) is 2.29. The van der Waals surface area contributed by atoms with Crippen LogP contribution in [0.2, 0.25) is 0 Å². The van der Waals surface area contributed by atoms with E-state index in [1.807, 2.05) is 0 Å². The van der Waals surface area contributed by atoms with Crippen LogP contribution in [0.1, 0.15) is 20.8 Å². The van der Waals surface area contributed by atoms with Gasteiger partial charge in [-0.15, -0.1) is 0 Å². The summed E-state index contributed by atoms with van der Waals surface area (Å²) >= 11 is 4.24. The molecular formula is C6H13I2NO3. The highest BCUT2D eigenvalue weighted by Gasteiger charge is 2.42. The van der Waals surface area contributed by atoms with Crippen molar-refractivity contribution in [2.45, 2.75) is 31.9 Å². The Morgan fingerprint density at radius 3 is 1.58 bits per heavy atom. The van der Waals surface area contributed by atoms with Gasteiger partial charge in [-0.25, -0.2) is 0 Å². The first-order valence-corrected chi connectivity index (χ1v) is 9.37. The van der Waals surface area contributed by atoms with Gasteiger partial charge in [0.05, 0.1) is 5.60 Å². The number of carbonyl (C=O) groups is 1. The number of nitrogens with two attached hydrogens (primary N) is 1. The van der Waals surface area contributed by atoms with E-state index in [1.165, 1.54) is 20.8 Å². The minimum atomic E-state index is -1.59. The first-order chi connectivity index (χ1) is 5.19. The molecule has 0 fully saturated rings. The van der Waals surface area contributed by atoms with E-state index in [9.17, 15) is 9.90 Å². The Balaban J connectivity index is 0. The van der Waals surface area contributed by atoms with Crippen LogP contribution in [0.15, 0.2) is 0 Å². The monoisotopic (exact) mass is 401 g/mol. The second kappa shape index (κ2) is 5.55. The molecule has 0 aliphatic heterocycles. The van der Waals surface area contributed by atoms with Gasteiger partial charge in [-0.2, -0.15) is 0 Å². The lowest BCUT2D eigenvalue weighted by Crippen LogP contribution is -2.60. The Labute approximate surface area is 95.2 Å². The van der Waals surface area contributed by atoms with Crippen LogP contribution in [0.5, 0.6) is 0 Å². The first-order valence-electron chi connectivity index (χ1n) is 3.08. The number of halogens is 2. The van der Waals surface area contributed by atoms with Crippen LogP contribution in [-0.4, -0.2) is 27.3 Å².